The molecule has 1 aliphatic rings. The topological polar surface area (TPSA) is 56.2 Å². The van der Waals surface area contributed by atoms with Crippen LogP contribution in [0.4, 0.5) is 5.82 Å². The number of anilines is 1. The van der Waals surface area contributed by atoms with Gasteiger partial charge in [0.15, 0.2) is 5.65 Å². The molecule has 0 saturated carbocycles. The monoisotopic (exact) mass is 338 g/mol. The van der Waals surface area contributed by atoms with Crippen molar-refractivity contribution in [3.05, 3.63) is 45.7 Å². The summed E-state index contributed by atoms with van der Waals surface area (Å²) in [5.41, 5.74) is 7.26. The van der Waals surface area contributed by atoms with Crippen LogP contribution >= 0.6 is 27.5 Å². The highest BCUT2D eigenvalue weighted by atomic mass is 79.9. The van der Waals surface area contributed by atoms with E-state index in [1.54, 1.807) is 10.7 Å². The van der Waals surface area contributed by atoms with Gasteiger partial charge in [0.2, 0.25) is 0 Å². The Morgan fingerprint density at radius 1 is 1.53 bits per heavy atom. The molecule has 0 saturated heterocycles. The molecule has 2 aromatic rings. The van der Waals surface area contributed by atoms with Gasteiger partial charge in [0, 0.05) is 16.5 Å². The van der Waals surface area contributed by atoms with Crippen molar-refractivity contribution in [3.8, 4) is 0 Å². The second kappa shape index (κ2) is 4.35. The Labute approximate surface area is 124 Å². The van der Waals surface area contributed by atoms with Crippen molar-refractivity contribution in [2.75, 3.05) is 5.73 Å². The van der Waals surface area contributed by atoms with Crippen LogP contribution in [-0.4, -0.2) is 14.6 Å². The highest BCUT2D eigenvalue weighted by Gasteiger charge is 2.33. The first kappa shape index (κ1) is 12.7. The van der Waals surface area contributed by atoms with Crippen LogP contribution in [0.15, 0.2) is 40.0 Å². The van der Waals surface area contributed by atoms with Gasteiger partial charge in [-0.1, -0.05) is 23.8 Å². The van der Waals surface area contributed by atoms with E-state index in [1.807, 2.05) is 18.2 Å². The van der Waals surface area contributed by atoms with E-state index < -0.39 is 0 Å². The van der Waals surface area contributed by atoms with E-state index in [9.17, 15) is 0 Å². The molecule has 1 atom stereocenters. The molecule has 2 heterocycles. The largest absolute Gasteiger partial charge is 0.384 e. The smallest absolute Gasteiger partial charge is 0.171 e. The van der Waals surface area contributed by atoms with E-state index in [0.29, 0.717) is 11.5 Å². The Bertz CT molecular complexity index is 719. The summed E-state index contributed by atoms with van der Waals surface area (Å²) < 4.78 is 2.42. The summed E-state index contributed by atoms with van der Waals surface area (Å²) in [6.45, 7) is 2.07. The first-order chi connectivity index (χ1) is 9.02. The zero-order chi connectivity index (χ0) is 13.6. The van der Waals surface area contributed by atoms with Crippen molar-refractivity contribution in [1.82, 2.24) is 14.6 Å². The maximum Gasteiger partial charge on any atom is 0.171 e. The van der Waals surface area contributed by atoms with Crippen molar-refractivity contribution in [3.63, 3.8) is 0 Å². The van der Waals surface area contributed by atoms with Crippen molar-refractivity contribution in [2.24, 2.45) is 0 Å². The second-order valence-electron chi connectivity index (χ2n) is 4.77. The van der Waals surface area contributed by atoms with Crippen molar-refractivity contribution >= 4 is 39.0 Å². The Hall–Kier alpha value is -1.33. The predicted octanol–water partition coefficient (Wildman–Crippen LogP) is 3.41. The fourth-order valence-electron chi connectivity index (χ4n) is 2.21. The number of aromatic nitrogens is 3. The standard InChI is InChI=1S/C13H12BrClN4/c1-13(5-3-2-4-9(13)15)10-6-11(16)19-12(18-10)8(14)7-17-19/h2-4,6-7H,5,16H2,1H3. The number of allylic oxidation sites excluding steroid dienone is 4. The molecular formula is C13H12BrClN4. The molecular weight excluding hydrogens is 328 g/mol. The normalized spacial score (nSPS) is 22.8. The highest BCUT2D eigenvalue weighted by Crippen LogP contribution is 2.40. The number of nitrogen functional groups attached to an aromatic ring is 1. The van der Waals surface area contributed by atoms with E-state index in [1.165, 1.54) is 0 Å². The van der Waals surface area contributed by atoms with Crippen molar-refractivity contribution < 1.29 is 0 Å². The van der Waals surface area contributed by atoms with Crippen LogP contribution in [0.5, 0.6) is 0 Å². The fourth-order valence-corrected chi connectivity index (χ4v) is 2.80. The molecule has 0 aromatic carbocycles. The SMILES string of the molecule is CC1(c2cc(N)n3ncc(Br)c3n2)CC=CC=C1Cl. The average Bonchev–Trinajstić information content (AvgIpc) is 2.76. The minimum atomic E-state index is -0.337. The Morgan fingerprint density at radius 2 is 2.32 bits per heavy atom. The zero-order valence-corrected chi connectivity index (χ0v) is 12.6. The summed E-state index contributed by atoms with van der Waals surface area (Å²) in [6.07, 6.45) is 8.43. The molecule has 1 unspecified atom stereocenters. The van der Waals surface area contributed by atoms with Gasteiger partial charge in [-0.3, -0.25) is 0 Å². The van der Waals surface area contributed by atoms with Crippen LogP contribution in [0.2, 0.25) is 0 Å². The summed E-state index contributed by atoms with van der Waals surface area (Å²) >= 11 is 9.80. The molecule has 0 bridgehead atoms. The van der Waals surface area contributed by atoms with Crippen LogP contribution < -0.4 is 5.73 Å². The summed E-state index contributed by atoms with van der Waals surface area (Å²) in [5.74, 6) is 0.547. The average molecular weight is 340 g/mol. The maximum atomic E-state index is 6.37. The molecule has 0 fully saturated rings. The fraction of sp³-hybridized carbons (Fsp3) is 0.231. The predicted molar refractivity (Wildman–Crippen MR) is 80.1 cm³/mol. The van der Waals surface area contributed by atoms with Gasteiger partial charge in [0.25, 0.3) is 0 Å². The Kier molecular flexibility index (Phi) is 2.91. The van der Waals surface area contributed by atoms with Gasteiger partial charge in [0.1, 0.15) is 5.82 Å². The van der Waals surface area contributed by atoms with E-state index in [4.69, 9.17) is 17.3 Å². The zero-order valence-electron chi connectivity index (χ0n) is 10.3. The third-order valence-electron chi connectivity index (χ3n) is 3.45. The van der Waals surface area contributed by atoms with Crippen molar-refractivity contribution in [1.29, 1.82) is 0 Å². The molecule has 0 radical (unpaired) electrons. The molecule has 1 aliphatic carbocycles. The van der Waals surface area contributed by atoms with Crippen molar-refractivity contribution in [2.45, 2.75) is 18.8 Å². The van der Waals surface area contributed by atoms with E-state index >= 15 is 0 Å². The lowest BCUT2D eigenvalue weighted by Gasteiger charge is -2.29. The summed E-state index contributed by atoms with van der Waals surface area (Å²) in [5, 5.41) is 4.93. The molecule has 3 rings (SSSR count). The molecule has 2 aromatic heterocycles. The molecule has 0 spiro atoms. The van der Waals surface area contributed by atoms with Gasteiger partial charge in [-0.15, -0.1) is 0 Å². The minimum Gasteiger partial charge on any atom is -0.384 e. The van der Waals surface area contributed by atoms with Gasteiger partial charge >= 0.3 is 0 Å². The molecule has 6 heteroatoms. The quantitative estimate of drug-likeness (QED) is 0.866. The van der Waals surface area contributed by atoms with Crippen LogP contribution in [-0.2, 0) is 5.41 Å². The number of nitrogens with two attached hydrogens (primary N) is 1. The molecule has 0 amide bonds. The Balaban J connectivity index is 2.23. The van der Waals surface area contributed by atoms with Gasteiger partial charge in [-0.25, -0.2) is 4.98 Å². The third-order valence-corrected chi connectivity index (χ3v) is 4.56. The summed E-state index contributed by atoms with van der Waals surface area (Å²) in [7, 11) is 0. The molecule has 4 nitrogen and oxygen atoms in total. The van der Waals surface area contributed by atoms with Crippen LogP contribution in [0.25, 0.3) is 5.65 Å². The molecule has 0 aliphatic heterocycles. The van der Waals surface area contributed by atoms with Crippen LogP contribution in [0.3, 0.4) is 0 Å². The second-order valence-corrected chi connectivity index (χ2v) is 6.03. The number of hydrogen-bond donors (Lipinski definition) is 1. The first-order valence-electron chi connectivity index (χ1n) is 5.85. The maximum absolute atomic E-state index is 6.37. The lowest BCUT2D eigenvalue weighted by atomic mass is 9.80. The van der Waals surface area contributed by atoms with Gasteiger partial charge in [0.05, 0.1) is 16.4 Å². The Morgan fingerprint density at radius 3 is 3.05 bits per heavy atom. The molecule has 98 valence electrons. The van der Waals surface area contributed by atoms with Gasteiger partial charge in [-0.05, 0) is 35.4 Å². The van der Waals surface area contributed by atoms with Crippen LogP contribution in [0.1, 0.15) is 19.0 Å². The summed E-state index contributed by atoms with van der Waals surface area (Å²) in [6, 6.07) is 1.84. The summed E-state index contributed by atoms with van der Waals surface area (Å²) in [4.78, 5) is 4.66. The third kappa shape index (κ3) is 1.88. The number of nitrogens with zero attached hydrogens (tertiary/aromatic N) is 3. The lowest BCUT2D eigenvalue weighted by molar-refractivity contribution is 0.566. The minimum absolute atomic E-state index is 0.337. The first-order valence-corrected chi connectivity index (χ1v) is 7.02. The lowest BCUT2D eigenvalue weighted by Crippen LogP contribution is -2.25. The molecule has 19 heavy (non-hydrogen) atoms. The number of fused-ring (bicyclic) bond motifs is 1. The van der Waals surface area contributed by atoms with E-state index in [0.717, 1.165) is 21.6 Å². The number of rotatable bonds is 1. The van der Waals surface area contributed by atoms with Gasteiger partial charge in [-0.2, -0.15) is 9.61 Å². The van der Waals surface area contributed by atoms with E-state index in [2.05, 4.69) is 39.0 Å². The van der Waals surface area contributed by atoms with Gasteiger partial charge < -0.3 is 5.73 Å². The molecule has 2 N–H and O–H groups in total. The van der Waals surface area contributed by atoms with Crippen LogP contribution in [0, 0.1) is 0 Å². The number of hydrogen-bond acceptors (Lipinski definition) is 3. The number of halogens is 2. The van der Waals surface area contributed by atoms with E-state index in [-0.39, 0.29) is 5.41 Å². The highest BCUT2D eigenvalue weighted by molar-refractivity contribution is 9.10.